The Morgan fingerprint density at radius 2 is 1.79 bits per heavy atom. The number of aromatic nitrogens is 7. The number of fused-ring (bicyclic) bond motifs is 5. The van der Waals surface area contributed by atoms with E-state index in [4.69, 9.17) is 45.1 Å². The van der Waals surface area contributed by atoms with E-state index in [1.165, 1.54) is 34.1 Å². The Kier molecular flexibility index (Phi) is 8.88. The topological polar surface area (TPSA) is 306 Å². The molecule has 9 N–H and O–H groups in total. The fourth-order valence-electron chi connectivity index (χ4n) is 5.72. The van der Waals surface area contributed by atoms with Crippen molar-refractivity contribution in [2.75, 3.05) is 37.4 Å². The Morgan fingerprint density at radius 3 is 2.58 bits per heavy atom. The molecule has 0 amide bonds. The van der Waals surface area contributed by atoms with Gasteiger partial charge in [0.2, 0.25) is 5.95 Å². The first-order valence-corrected chi connectivity index (χ1v) is 18.3. The van der Waals surface area contributed by atoms with Crippen LogP contribution in [0, 0.1) is 0 Å². The van der Waals surface area contributed by atoms with E-state index in [9.17, 15) is 34.5 Å². The second-order valence-corrected chi connectivity index (χ2v) is 15.1. The maximum Gasteiger partial charge on any atom is 0.472 e. The number of hydrogen-bond acceptors (Lipinski definition) is 18. The zero-order chi connectivity index (χ0) is 34.0. The average Bonchev–Trinajstić information content (AvgIpc) is 3.79. The number of nitrogens with zero attached hydrogens (tertiary/aromatic N) is 6. The molecule has 3 fully saturated rings. The molecule has 4 unspecified atom stereocenters. The zero-order valence-electron chi connectivity index (χ0n) is 24.3. The molecule has 22 nitrogen and oxygen atoms in total. The van der Waals surface area contributed by atoms with Gasteiger partial charge in [0.15, 0.2) is 35.1 Å². The van der Waals surface area contributed by atoms with Gasteiger partial charge in [-0.3, -0.25) is 27.9 Å². The Morgan fingerprint density at radius 1 is 1.02 bits per heavy atom. The van der Waals surface area contributed by atoms with Crippen LogP contribution in [0.1, 0.15) is 12.5 Å². The van der Waals surface area contributed by atoms with E-state index in [1.54, 1.807) is 0 Å². The van der Waals surface area contributed by atoms with E-state index in [1.807, 2.05) is 0 Å². The van der Waals surface area contributed by atoms with Gasteiger partial charge in [-0.25, -0.2) is 19.5 Å². The number of imidazole rings is 1. The first-order chi connectivity index (χ1) is 22.9. The summed E-state index contributed by atoms with van der Waals surface area (Å²) in [5, 5.41) is 34.6. The van der Waals surface area contributed by atoms with Gasteiger partial charge in [-0.1, -0.05) is 0 Å². The minimum Gasteiger partial charge on any atom is -0.395 e. The largest absolute Gasteiger partial charge is 0.472 e. The number of anilines is 2. The Hall–Kier alpha value is -2.99. The molecule has 3 aliphatic heterocycles. The van der Waals surface area contributed by atoms with Crippen LogP contribution in [0.5, 0.6) is 0 Å². The van der Waals surface area contributed by atoms with E-state index in [0.717, 1.165) is 0 Å². The number of aliphatic hydroxyl groups excluding tert-OH is 3. The molecule has 0 aromatic carbocycles. The third kappa shape index (κ3) is 6.16. The van der Waals surface area contributed by atoms with E-state index >= 15 is 0 Å². The lowest BCUT2D eigenvalue weighted by atomic mass is 10.1. The molecule has 7 rings (SSSR count). The minimum absolute atomic E-state index is 0.0453. The number of H-pyrrole nitrogens is 1. The number of rotatable bonds is 5. The Balaban J connectivity index is 1.19. The fourth-order valence-corrected chi connectivity index (χ4v) is 8.10. The fraction of sp³-hybridized carbons (Fsp3) is 0.522. The highest BCUT2D eigenvalue weighted by Crippen LogP contribution is 2.54. The molecule has 0 saturated carbocycles. The number of nitrogen functional groups attached to an aromatic ring is 1. The molecule has 0 radical (unpaired) electrons. The van der Waals surface area contributed by atoms with E-state index < -0.39 is 82.4 Å². The molecule has 4 aromatic heterocycles. The molecule has 2 bridgehead atoms. The Bertz CT molecular complexity index is 2000. The van der Waals surface area contributed by atoms with Crippen molar-refractivity contribution in [2.24, 2.45) is 0 Å². The van der Waals surface area contributed by atoms with Gasteiger partial charge in [0.25, 0.3) is 5.56 Å². The number of aliphatic hydroxyl groups is 3. The van der Waals surface area contributed by atoms with Crippen molar-refractivity contribution in [2.45, 2.75) is 49.1 Å². The third-order valence-electron chi connectivity index (χ3n) is 7.85. The first-order valence-electron chi connectivity index (χ1n) is 14.2. The zero-order valence-corrected chi connectivity index (χ0v) is 26.9. The van der Waals surface area contributed by atoms with Crippen LogP contribution in [0.15, 0.2) is 29.7 Å². The molecular formula is C23H29N9O13P2S. The van der Waals surface area contributed by atoms with Crippen molar-refractivity contribution in [3.05, 3.63) is 35.3 Å². The summed E-state index contributed by atoms with van der Waals surface area (Å²) >= 11 is 5.25. The monoisotopic (exact) mass is 733 g/mol. The number of phosphoric acid groups is 1. The van der Waals surface area contributed by atoms with Crippen LogP contribution in [-0.4, -0.2) is 122 Å². The van der Waals surface area contributed by atoms with Gasteiger partial charge in [-0.2, -0.15) is 4.98 Å². The maximum atomic E-state index is 13.2. The lowest BCUT2D eigenvalue weighted by molar-refractivity contribution is -0.0634. The summed E-state index contributed by atoms with van der Waals surface area (Å²) in [6, 6.07) is 1.41. The smallest absolute Gasteiger partial charge is 0.395 e. The highest BCUT2D eigenvalue weighted by molar-refractivity contribution is 8.07. The van der Waals surface area contributed by atoms with Gasteiger partial charge in [0.05, 0.1) is 31.5 Å². The Labute approximate surface area is 273 Å². The first kappa shape index (κ1) is 33.5. The number of hydrogen-bond donors (Lipinski definition) is 8. The molecular weight excluding hydrogens is 704 g/mol. The van der Waals surface area contributed by atoms with Crippen LogP contribution in [0.3, 0.4) is 0 Å². The van der Waals surface area contributed by atoms with E-state index in [-0.39, 0.29) is 41.3 Å². The van der Waals surface area contributed by atoms with Gasteiger partial charge < -0.3 is 54.7 Å². The molecule has 4 aromatic rings. The number of nitrogens with one attached hydrogen (secondary N) is 2. The van der Waals surface area contributed by atoms with E-state index in [0.29, 0.717) is 5.82 Å². The quantitative estimate of drug-likeness (QED) is 0.105. The van der Waals surface area contributed by atoms with Gasteiger partial charge in [0.1, 0.15) is 43.0 Å². The van der Waals surface area contributed by atoms with Crippen molar-refractivity contribution in [1.82, 2.24) is 34.1 Å². The summed E-state index contributed by atoms with van der Waals surface area (Å²) in [4.78, 5) is 53.3. The number of aromatic amines is 1. The van der Waals surface area contributed by atoms with Crippen LogP contribution in [0.2, 0.25) is 0 Å². The third-order valence-corrected chi connectivity index (χ3v) is 10.4. The van der Waals surface area contributed by atoms with Gasteiger partial charge in [0, 0.05) is 12.7 Å². The summed E-state index contributed by atoms with van der Waals surface area (Å²) in [6.45, 7) is -5.65. The molecule has 0 aliphatic carbocycles. The minimum atomic E-state index is -5.03. The predicted octanol–water partition coefficient (Wildman–Crippen LogP) is -1.80. The molecule has 3 aliphatic rings. The second-order valence-electron chi connectivity index (χ2n) is 10.9. The standard InChI is InChI=1S/C23H29N9O13P2S/c24-23-29-18-9(20(36)30-23)1-3-31(18)22-16-13(34)10(42-22)5-40-46(37,38)44-15-11(6-41-47(39,48)45-16)43-21(14(15)35)32-8-28-12-17(25-2-4-33)26-7-27-19(12)32/h1,3,7-8,10-11,13-16,21-22,33-35H,2,4-6H2,(H,37,38)(H,39,48)(H,25,26,27)(H3,24,29,30,36)/t10-,11-,13?,14?,15+,16+,21-,22-,47?/m1/s1. The average molecular weight is 734 g/mol. The number of ether oxygens (including phenoxy) is 2. The van der Waals surface area contributed by atoms with Crippen molar-refractivity contribution in [3.8, 4) is 0 Å². The highest BCUT2D eigenvalue weighted by Gasteiger charge is 2.53. The number of phosphoric ester groups is 1. The van der Waals surface area contributed by atoms with E-state index in [2.05, 4.69) is 30.2 Å². The van der Waals surface area contributed by atoms with Crippen LogP contribution < -0.4 is 16.6 Å². The van der Waals surface area contributed by atoms with Gasteiger partial charge >= 0.3 is 14.5 Å². The van der Waals surface area contributed by atoms with Crippen molar-refractivity contribution >= 4 is 60.3 Å². The van der Waals surface area contributed by atoms with Crippen molar-refractivity contribution < 1.29 is 57.2 Å². The number of nitrogens with two attached hydrogens (primary N) is 1. The molecule has 25 heteroatoms. The predicted molar refractivity (Wildman–Crippen MR) is 163 cm³/mol. The summed E-state index contributed by atoms with van der Waals surface area (Å²) in [5.74, 6) is 0.0890. The summed E-state index contributed by atoms with van der Waals surface area (Å²) < 4.78 is 49.6. The molecule has 3 saturated heterocycles. The lowest BCUT2D eigenvalue weighted by Crippen LogP contribution is -2.36. The molecule has 7 heterocycles. The summed E-state index contributed by atoms with van der Waals surface area (Å²) in [7, 11) is -5.03. The maximum absolute atomic E-state index is 13.2. The molecule has 260 valence electrons. The van der Waals surface area contributed by atoms with Crippen LogP contribution in [-0.2, 0) is 43.9 Å². The van der Waals surface area contributed by atoms with Crippen molar-refractivity contribution in [3.63, 3.8) is 0 Å². The second kappa shape index (κ2) is 12.7. The van der Waals surface area contributed by atoms with Gasteiger partial charge in [-0.05, 0) is 17.9 Å². The SMILES string of the molecule is Nc1nc2c(ccn2[C@@H]2O[C@@H]3COP(=O)(O)O[C@@H]4C(O)[C@H](n5cnc6c(NCCO)ncnc65)O[C@@H]4COP(O)(=S)O[C@H]2C3O)c(=O)[nH]1. The molecule has 48 heavy (non-hydrogen) atoms. The molecule has 10 atom stereocenters. The molecule has 0 spiro atoms. The summed E-state index contributed by atoms with van der Waals surface area (Å²) in [5.41, 5.74) is 5.70. The van der Waals surface area contributed by atoms with Crippen LogP contribution in [0.25, 0.3) is 22.2 Å². The lowest BCUT2D eigenvalue weighted by Gasteiger charge is -2.27. The van der Waals surface area contributed by atoms with Crippen LogP contribution >= 0.6 is 14.5 Å². The summed E-state index contributed by atoms with van der Waals surface area (Å²) in [6.07, 6.45) is -7.75. The normalized spacial score (nSPS) is 36.0. The van der Waals surface area contributed by atoms with Crippen LogP contribution in [0.4, 0.5) is 11.8 Å². The van der Waals surface area contributed by atoms with Gasteiger partial charge in [-0.15, -0.1) is 0 Å². The highest BCUT2D eigenvalue weighted by atomic mass is 32.5. The van der Waals surface area contributed by atoms with Crippen molar-refractivity contribution in [1.29, 1.82) is 0 Å².